The summed E-state index contributed by atoms with van der Waals surface area (Å²) in [6, 6.07) is 12.4. The van der Waals surface area contributed by atoms with E-state index in [1.165, 1.54) is 0 Å². The Balaban J connectivity index is 1.67. The minimum absolute atomic E-state index is 0.0623. The highest BCUT2D eigenvalue weighted by Crippen LogP contribution is 2.63. The van der Waals surface area contributed by atoms with Crippen LogP contribution in [-0.4, -0.2) is 54.3 Å². The first-order valence-corrected chi connectivity index (χ1v) is 12.7. The minimum Gasteiger partial charge on any atom is -0.466 e. The van der Waals surface area contributed by atoms with Gasteiger partial charge >= 0.3 is 18.0 Å². The number of ether oxygens (including phenoxy) is 3. The molecule has 0 saturated heterocycles. The molecule has 2 aromatic carbocycles. The molecule has 5 unspecified atom stereocenters. The molecule has 2 aliphatic rings. The van der Waals surface area contributed by atoms with Crippen molar-refractivity contribution in [2.75, 3.05) is 13.2 Å². The fraction of sp³-hybridized carbons (Fsp3) is 0.500. The summed E-state index contributed by atoms with van der Waals surface area (Å²) in [4.78, 5) is 52.5. The molecule has 2 amide bonds. The van der Waals surface area contributed by atoms with Gasteiger partial charge in [0, 0.05) is 23.9 Å². The van der Waals surface area contributed by atoms with Crippen molar-refractivity contribution in [1.29, 1.82) is 0 Å². The Morgan fingerprint density at radius 2 is 1.65 bits per heavy atom. The molecule has 4 rings (SSSR count). The highest BCUT2D eigenvalue weighted by atomic mass is 16.6. The van der Waals surface area contributed by atoms with E-state index in [0.717, 1.165) is 10.8 Å². The number of nitrogens with one attached hydrogen (secondary N) is 2. The van der Waals surface area contributed by atoms with Crippen molar-refractivity contribution in [3.8, 4) is 0 Å². The molecule has 0 spiro atoms. The second-order valence-corrected chi connectivity index (χ2v) is 10.5. The summed E-state index contributed by atoms with van der Waals surface area (Å²) < 4.78 is 16.1. The third kappa shape index (κ3) is 5.12. The van der Waals surface area contributed by atoms with Crippen molar-refractivity contribution < 1.29 is 33.4 Å². The van der Waals surface area contributed by atoms with Crippen LogP contribution in [0.2, 0.25) is 0 Å². The van der Waals surface area contributed by atoms with Crippen LogP contribution < -0.4 is 10.6 Å². The molecular formula is C28H34N2O7. The van der Waals surface area contributed by atoms with Crippen LogP contribution in [-0.2, 0) is 23.8 Å². The zero-order valence-electron chi connectivity index (χ0n) is 21.8. The van der Waals surface area contributed by atoms with Crippen molar-refractivity contribution in [3.63, 3.8) is 0 Å². The third-order valence-electron chi connectivity index (χ3n) is 6.92. The fourth-order valence-electron chi connectivity index (χ4n) is 5.60. The molecule has 2 aliphatic carbocycles. The van der Waals surface area contributed by atoms with Crippen LogP contribution in [0.1, 0.15) is 51.4 Å². The van der Waals surface area contributed by atoms with E-state index >= 15 is 0 Å². The van der Waals surface area contributed by atoms with Gasteiger partial charge < -0.3 is 24.8 Å². The van der Waals surface area contributed by atoms with Crippen LogP contribution in [0.25, 0.3) is 10.8 Å². The van der Waals surface area contributed by atoms with Crippen LogP contribution in [0.15, 0.2) is 42.5 Å². The molecule has 198 valence electrons. The van der Waals surface area contributed by atoms with E-state index in [0.29, 0.717) is 5.56 Å². The zero-order chi connectivity index (χ0) is 27.0. The minimum atomic E-state index is -1.54. The van der Waals surface area contributed by atoms with E-state index < -0.39 is 53.0 Å². The van der Waals surface area contributed by atoms with Gasteiger partial charge in [-0.2, -0.15) is 0 Å². The van der Waals surface area contributed by atoms with Crippen LogP contribution in [0, 0.1) is 17.8 Å². The van der Waals surface area contributed by atoms with Gasteiger partial charge in [0.15, 0.2) is 0 Å². The maximum absolute atomic E-state index is 13.4. The topological polar surface area (TPSA) is 120 Å². The molecule has 2 fully saturated rings. The van der Waals surface area contributed by atoms with Crippen LogP contribution in [0.3, 0.4) is 0 Å². The highest BCUT2D eigenvalue weighted by Gasteiger charge is 2.76. The lowest BCUT2D eigenvalue weighted by molar-refractivity contribution is -0.153. The van der Waals surface area contributed by atoms with Gasteiger partial charge in [-0.05, 0) is 57.4 Å². The first-order chi connectivity index (χ1) is 17.5. The number of carbonyl (C=O) groups excluding carboxylic acids is 4. The molecule has 5 atom stereocenters. The zero-order valence-corrected chi connectivity index (χ0v) is 21.8. The van der Waals surface area contributed by atoms with Gasteiger partial charge in [0.1, 0.15) is 11.1 Å². The van der Waals surface area contributed by atoms with Crippen molar-refractivity contribution in [2.24, 2.45) is 17.8 Å². The Morgan fingerprint density at radius 1 is 0.973 bits per heavy atom. The second-order valence-electron chi connectivity index (χ2n) is 10.5. The van der Waals surface area contributed by atoms with Crippen molar-refractivity contribution in [2.45, 2.75) is 58.2 Å². The Hall–Kier alpha value is -3.62. The molecular weight excluding hydrogens is 476 g/mol. The molecule has 9 nitrogen and oxygen atoms in total. The summed E-state index contributed by atoms with van der Waals surface area (Å²) in [6.07, 6.45) is -0.734. The Kier molecular flexibility index (Phi) is 7.17. The average molecular weight is 511 g/mol. The van der Waals surface area contributed by atoms with Crippen LogP contribution in [0.4, 0.5) is 4.79 Å². The maximum Gasteiger partial charge on any atom is 0.408 e. The van der Waals surface area contributed by atoms with Gasteiger partial charge in [0.2, 0.25) is 0 Å². The summed E-state index contributed by atoms with van der Waals surface area (Å²) in [5, 5.41) is 7.47. The lowest BCUT2D eigenvalue weighted by Crippen LogP contribution is -2.59. The number of benzene rings is 2. The van der Waals surface area contributed by atoms with Gasteiger partial charge in [0.25, 0.3) is 5.91 Å². The molecule has 2 N–H and O–H groups in total. The van der Waals surface area contributed by atoms with E-state index in [1.807, 2.05) is 30.3 Å². The average Bonchev–Trinajstić information content (AvgIpc) is 3.51. The van der Waals surface area contributed by atoms with Gasteiger partial charge in [-0.1, -0.05) is 36.4 Å². The van der Waals surface area contributed by atoms with E-state index in [2.05, 4.69) is 10.6 Å². The smallest absolute Gasteiger partial charge is 0.408 e. The standard InChI is InChI=1S/C28H34N2O7/c1-6-35-24(32)21-20-19(29-23(31)18-14-10-12-16-11-8-9-13-17(16)18)15-28(22(20)21,25(33)36-7-2)30-26(34)37-27(3,4)5/h8-14,19-22H,6-7,15H2,1-5H3,(H,29,31)(H,30,34). The number of rotatable bonds is 7. The normalized spacial score (nSPS) is 26.1. The first kappa shape index (κ1) is 26.4. The van der Waals surface area contributed by atoms with Crippen LogP contribution in [0.5, 0.6) is 0 Å². The van der Waals surface area contributed by atoms with E-state index in [1.54, 1.807) is 46.8 Å². The molecule has 0 aromatic heterocycles. The highest BCUT2D eigenvalue weighted by molar-refractivity contribution is 6.07. The number of alkyl carbamates (subject to hydrolysis) is 1. The molecule has 9 heteroatoms. The van der Waals surface area contributed by atoms with Gasteiger partial charge in [-0.3, -0.25) is 9.59 Å². The van der Waals surface area contributed by atoms with Gasteiger partial charge in [0.05, 0.1) is 19.1 Å². The monoisotopic (exact) mass is 510 g/mol. The predicted molar refractivity (Wildman–Crippen MR) is 136 cm³/mol. The fourth-order valence-corrected chi connectivity index (χ4v) is 5.60. The van der Waals surface area contributed by atoms with E-state index in [9.17, 15) is 19.2 Å². The Labute approximate surface area is 216 Å². The predicted octanol–water partition coefficient (Wildman–Crippen LogP) is 3.59. The van der Waals surface area contributed by atoms with E-state index in [-0.39, 0.29) is 25.5 Å². The lowest BCUT2D eigenvalue weighted by Gasteiger charge is -2.33. The number of fused-ring (bicyclic) bond motifs is 2. The maximum atomic E-state index is 13.4. The molecule has 37 heavy (non-hydrogen) atoms. The number of esters is 2. The second kappa shape index (κ2) is 10.0. The van der Waals surface area contributed by atoms with Crippen molar-refractivity contribution in [1.82, 2.24) is 10.6 Å². The Bertz CT molecular complexity index is 1220. The third-order valence-corrected chi connectivity index (χ3v) is 6.92. The largest absolute Gasteiger partial charge is 0.466 e. The number of hydrogen-bond donors (Lipinski definition) is 2. The summed E-state index contributed by atoms with van der Waals surface area (Å²) >= 11 is 0. The lowest BCUT2D eigenvalue weighted by atomic mass is 9.88. The number of carbonyl (C=O) groups is 4. The first-order valence-electron chi connectivity index (χ1n) is 12.7. The SMILES string of the molecule is CCOC(=O)C1C2C(NC(=O)c3cccc4ccccc34)CC(NC(=O)OC(C)(C)C)(C(=O)OCC)C12. The van der Waals surface area contributed by atoms with Crippen molar-refractivity contribution >= 4 is 34.7 Å². The molecule has 2 aromatic rings. The van der Waals surface area contributed by atoms with Crippen molar-refractivity contribution in [3.05, 3.63) is 48.0 Å². The molecule has 2 saturated carbocycles. The Morgan fingerprint density at radius 3 is 2.32 bits per heavy atom. The molecule has 0 radical (unpaired) electrons. The summed E-state index contributed by atoms with van der Waals surface area (Å²) in [5.74, 6) is -3.14. The summed E-state index contributed by atoms with van der Waals surface area (Å²) in [7, 11) is 0. The van der Waals surface area contributed by atoms with E-state index in [4.69, 9.17) is 14.2 Å². The number of hydrogen-bond acceptors (Lipinski definition) is 7. The summed E-state index contributed by atoms with van der Waals surface area (Å²) in [5.41, 5.74) is -1.86. The number of amides is 2. The summed E-state index contributed by atoms with van der Waals surface area (Å²) in [6.45, 7) is 8.78. The molecule has 0 aliphatic heterocycles. The molecule has 0 heterocycles. The van der Waals surface area contributed by atoms with Gasteiger partial charge in [-0.25, -0.2) is 9.59 Å². The quantitative estimate of drug-likeness (QED) is 0.431. The molecule has 0 bridgehead atoms. The van der Waals surface area contributed by atoms with Crippen LogP contribution >= 0.6 is 0 Å². The van der Waals surface area contributed by atoms with Gasteiger partial charge in [-0.15, -0.1) is 0 Å².